The molecule has 5 nitrogen and oxygen atoms in total. The first-order valence-corrected chi connectivity index (χ1v) is 8.60. The van der Waals surface area contributed by atoms with Crippen molar-refractivity contribution >= 4 is 10.0 Å². The molecular formula is C14H25N3O2S. The quantitative estimate of drug-likeness (QED) is 0.931. The number of hydrogen-bond donors (Lipinski definition) is 1. The van der Waals surface area contributed by atoms with E-state index in [1.165, 1.54) is 6.20 Å². The highest BCUT2D eigenvalue weighted by Crippen LogP contribution is 2.38. The molecule has 1 aliphatic rings. The minimum absolute atomic E-state index is 0.0124. The third-order valence-corrected chi connectivity index (χ3v) is 5.81. The van der Waals surface area contributed by atoms with Gasteiger partial charge in [0.1, 0.15) is 4.90 Å². The number of nitrogens with one attached hydrogen (secondary N) is 1. The van der Waals surface area contributed by atoms with Gasteiger partial charge in [0.2, 0.25) is 10.0 Å². The van der Waals surface area contributed by atoms with E-state index in [2.05, 4.69) is 30.6 Å². The number of aromatic nitrogens is 2. The summed E-state index contributed by atoms with van der Waals surface area (Å²) >= 11 is 0. The number of aryl methyl sites for hydroxylation is 1. The lowest BCUT2D eigenvalue weighted by molar-refractivity contribution is 0.163. The van der Waals surface area contributed by atoms with Gasteiger partial charge >= 0.3 is 0 Å². The fourth-order valence-corrected chi connectivity index (χ4v) is 4.91. The van der Waals surface area contributed by atoms with Crippen LogP contribution in [0.15, 0.2) is 11.1 Å². The minimum atomic E-state index is -3.48. The summed E-state index contributed by atoms with van der Waals surface area (Å²) in [5.41, 5.74) is 0.857. The molecule has 0 bridgehead atoms. The summed E-state index contributed by atoms with van der Waals surface area (Å²) in [7, 11) is -1.73. The van der Waals surface area contributed by atoms with E-state index in [0.717, 1.165) is 19.3 Å². The first-order chi connectivity index (χ1) is 9.11. The van der Waals surface area contributed by atoms with Gasteiger partial charge < -0.3 is 0 Å². The van der Waals surface area contributed by atoms with Gasteiger partial charge in [-0.15, -0.1) is 0 Å². The Hall–Kier alpha value is -0.880. The van der Waals surface area contributed by atoms with Gasteiger partial charge in [0, 0.05) is 13.1 Å². The van der Waals surface area contributed by atoms with E-state index < -0.39 is 10.0 Å². The SMILES string of the molecule is Cc1c(S(=O)(=O)NC2CC(C)CC(C)(C)C2)cnn1C. The van der Waals surface area contributed by atoms with Crippen LogP contribution < -0.4 is 4.72 Å². The minimum Gasteiger partial charge on any atom is -0.272 e. The normalized spacial score (nSPS) is 26.6. The van der Waals surface area contributed by atoms with Gasteiger partial charge in [-0.25, -0.2) is 13.1 Å². The lowest BCUT2D eigenvalue weighted by Gasteiger charge is -2.39. The van der Waals surface area contributed by atoms with Gasteiger partial charge in [0.15, 0.2) is 0 Å². The van der Waals surface area contributed by atoms with Gasteiger partial charge in [-0.05, 0) is 37.5 Å². The zero-order valence-corrected chi connectivity index (χ0v) is 13.8. The Morgan fingerprint density at radius 2 is 2.05 bits per heavy atom. The first-order valence-electron chi connectivity index (χ1n) is 7.12. The number of sulfonamides is 1. The van der Waals surface area contributed by atoms with Crippen LogP contribution in [0.2, 0.25) is 0 Å². The van der Waals surface area contributed by atoms with Crippen LogP contribution in [0.4, 0.5) is 0 Å². The summed E-state index contributed by atoms with van der Waals surface area (Å²) in [6.07, 6.45) is 4.37. The predicted molar refractivity (Wildman–Crippen MR) is 78.9 cm³/mol. The molecule has 1 heterocycles. The van der Waals surface area contributed by atoms with Crippen molar-refractivity contribution < 1.29 is 8.42 Å². The molecule has 114 valence electrons. The van der Waals surface area contributed by atoms with Gasteiger partial charge in [0.05, 0.1) is 11.9 Å². The number of hydrogen-bond acceptors (Lipinski definition) is 3. The standard InChI is InChI=1S/C14H25N3O2S/c1-10-6-12(8-14(3,4)7-10)16-20(18,19)13-9-15-17(5)11(13)2/h9-10,12,16H,6-8H2,1-5H3. The molecule has 1 fully saturated rings. The molecule has 20 heavy (non-hydrogen) atoms. The molecule has 0 radical (unpaired) electrons. The average Bonchev–Trinajstić information content (AvgIpc) is 2.56. The fraction of sp³-hybridized carbons (Fsp3) is 0.786. The molecule has 2 atom stereocenters. The first kappa shape index (κ1) is 15.5. The van der Waals surface area contributed by atoms with E-state index in [0.29, 0.717) is 11.6 Å². The summed E-state index contributed by atoms with van der Waals surface area (Å²) in [6, 6.07) is 0.0124. The summed E-state index contributed by atoms with van der Waals surface area (Å²) in [6.45, 7) is 8.38. The highest BCUT2D eigenvalue weighted by Gasteiger charge is 2.34. The van der Waals surface area contributed by atoms with Crippen molar-refractivity contribution in [3.8, 4) is 0 Å². The largest absolute Gasteiger partial charge is 0.272 e. The topological polar surface area (TPSA) is 64.0 Å². The van der Waals surface area contributed by atoms with Crippen molar-refractivity contribution in [3.63, 3.8) is 0 Å². The molecule has 0 spiro atoms. The Balaban J connectivity index is 2.18. The Morgan fingerprint density at radius 1 is 1.40 bits per heavy atom. The van der Waals surface area contributed by atoms with Crippen LogP contribution in [0.5, 0.6) is 0 Å². The smallest absolute Gasteiger partial charge is 0.244 e. The van der Waals surface area contributed by atoms with E-state index >= 15 is 0 Å². The molecule has 0 aliphatic heterocycles. The fourth-order valence-electron chi connectivity index (χ4n) is 3.46. The highest BCUT2D eigenvalue weighted by molar-refractivity contribution is 7.89. The van der Waals surface area contributed by atoms with Crippen molar-refractivity contribution in [1.82, 2.24) is 14.5 Å². The van der Waals surface area contributed by atoms with Crippen LogP contribution in [0.3, 0.4) is 0 Å². The molecule has 6 heteroatoms. The second-order valence-corrected chi connectivity index (χ2v) is 8.63. The van der Waals surface area contributed by atoms with Crippen molar-refractivity contribution in [2.45, 2.75) is 57.9 Å². The third kappa shape index (κ3) is 3.23. The van der Waals surface area contributed by atoms with Crippen LogP contribution in [0.1, 0.15) is 45.7 Å². The molecule has 1 aromatic heterocycles. The van der Waals surface area contributed by atoms with Crippen LogP contribution in [0, 0.1) is 18.3 Å². The Kier molecular flexibility index (Phi) is 3.99. The Bertz CT molecular complexity index is 590. The molecule has 1 aliphatic carbocycles. The summed E-state index contributed by atoms with van der Waals surface area (Å²) in [5.74, 6) is 0.543. The second-order valence-electron chi connectivity index (χ2n) is 6.95. The van der Waals surface area contributed by atoms with Gasteiger partial charge in [-0.1, -0.05) is 20.8 Å². The lowest BCUT2D eigenvalue weighted by Crippen LogP contribution is -2.42. The summed E-state index contributed by atoms with van der Waals surface area (Å²) in [4.78, 5) is 0.288. The van der Waals surface area contributed by atoms with Crippen LogP contribution in [0.25, 0.3) is 0 Å². The van der Waals surface area contributed by atoms with Crippen LogP contribution in [-0.2, 0) is 17.1 Å². The number of rotatable bonds is 3. The van der Waals surface area contributed by atoms with Gasteiger partial charge in [-0.2, -0.15) is 5.10 Å². The molecule has 2 unspecified atom stereocenters. The highest BCUT2D eigenvalue weighted by atomic mass is 32.2. The molecule has 1 saturated carbocycles. The molecular weight excluding hydrogens is 274 g/mol. The van der Waals surface area contributed by atoms with E-state index in [9.17, 15) is 8.42 Å². The van der Waals surface area contributed by atoms with E-state index in [1.807, 2.05) is 0 Å². The Morgan fingerprint density at radius 3 is 2.55 bits per heavy atom. The van der Waals surface area contributed by atoms with Crippen molar-refractivity contribution in [1.29, 1.82) is 0 Å². The third-order valence-electron chi connectivity index (χ3n) is 4.19. The zero-order valence-electron chi connectivity index (χ0n) is 13.0. The van der Waals surface area contributed by atoms with E-state index in [-0.39, 0.29) is 16.4 Å². The molecule has 0 amide bonds. The van der Waals surface area contributed by atoms with Crippen LogP contribution >= 0.6 is 0 Å². The van der Waals surface area contributed by atoms with Crippen LogP contribution in [-0.4, -0.2) is 24.2 Å². The monoisotopic (exact) mass is 299 g/mol. The van der Waals surface area contributed by atoms with Gasteiger partial charge in [0.25, 0.3) is 0 Å². The molecule has 1 aromatic rings. The van der Waals surface area contributed by atoms with Crippen molar-refractivity contribution in [2.24, 2.45) is 18.4 Å². The summed E-state index contributed by atoms with van der Waals surface area (Å²) < 4.78 is 29.4. The molecule has 2 rings (SSSR count). The lowest BCUT2D eigenvalue weighted by atomic mass is 9.71. The van der Waals surface area contributed by atoms with Gasteiger partial charge in [-0.3, -0.25) is 4.68 Å². The van der Waals surface area contributed by atoms with E-state index in [1.54, 1.807) is 18.7 Å². The molecule has 0 aromatic carbocycles. The Labute approximate surface area is 121 Å². The average molecular weight is 299 g/mol. The molecule has 0 saturated heterocycles. The summed E-state index contributed by atoms with van der Waals surface area (Å²) in [5, 5.41) is 4.02. The maximum absolute atomic E-state index is 12.5. The second kappa shape index (κ2) is 5.15. The van der Waals surface area contributed by atoms with Crippen molar-refractivity contribution in [2.75, 3.05) is 0 Å². The maximum atomic E-state index is 12.5. The molecule has 1 N–H and O–H groups in total. The maximum Gasteiger partial charge on any atom is 0.244 e. The van der Waals surface area contributed by atoms with E-state index in [4.69, 9.17) is 0 Å². The van der Waals surface area contributed by atoms with Crippen molar-refractivity contribution in [3.05, 3.63) is 11.9 Å². The zero-order chi connectivity index (χ0) is 15.1. The predicted octanol–water partition coefficient (Wildman–Crippen LogP) is 2.22. The number of nitrogens with zero attached hydrogens (tertiary/aromatic N) is 2.